The molecule has 0 aromatic heterocycles. The van der Waals surface area contributed by atoms with Gasteiger partial charge in [-0.05, 0) is 44.0 Å². The van der Waals surface area contributed by atoms with Gasteiger partial charge in [0.1, 0.15) is 10.6 Å². The molecule has 7 heteroatoms. The van der Waals surface area contributed by atoms with E-state index in [0.717, 1.165) is 11.1 Å². The molecule has 0 radical (unpaired) electrons. The molecule has 0 N–H and O–H groups in total. The maximum atomic E-state index is 13.0. The molecule has 0 aliphatic carbocycles. The zero-order valence-electron chi connectivity index (χ0n) is 14.1. The quantitative estimate of drug-likeness (QED) is 0.834. The van der Waals surface area contributed by atoms with Crippen molar-refractivity contribution in [1.82, 2.24) is 9.21 Å². The number of hydrogen-bond acceptors (Lipinski definition) is 4. The van der Waals surface area contributed by atoms with Gasteiger partial charge in [-0.15, -0.1) is 0 Å². The summed E-state index contributed by atoms with van der Waals surface area (Å²) in [6.45, 7) is 9.01. The van der Waals surface area contributed by atoms with Crippen LogP contribution in [0.2, 0.25) is 0 Å². The van der Waals surface area contributed by atoms with Gasteiger partial charge in [0, 0.05) is 33.1 Å². The minimum Gasteiger partial charge on any atom is -0.492 e. The van der Waals surface area contributed by atoms with E-state index in [-0.39, 0.29) is 10.8 Å². The predicted octanol–water partition coefficient (Wildman–Crippen LogP) is 1.55. The van der Waals surface area contributed by atoms with E-state index in [1.165, 1.54) is 11.2 Å². The van der Waals surface area contributed by atoms with Gasteiger partial charge in [-0.3, -0.25) is 4.79 Å². The van der Waals surface area contributed by atoms with Crippen LogP contribution in [0, 0.1) is 13.8 Å². The van der Waals surface area contributed by atoms with Crippen molar-refractivity contribution >= 4 is 15.9 Å². The number of carbonyl (C=O) groups is 1. The van der Waals surface area contributed by atoms with Crippen molar-refractivity contribution in [2.24, 2.45) is 0 Å². The van der Waals surface area contributed by atoms with Crippen molar-refractivity contribution in [3.8, 4) is 5.75 Å². The van der Waals surface area contributed by atoms with Gasteiger partial charge in [-0.1, -0.05) is 0 Å². The van der Waals surface area contributed by atoms with Gasteiger partial charge in [-0.2, -0.15) is 4.31 Å². The fraction of sp³-hybridized carbons (Fsp3) is 0.562. The van der Waals surface area contributed by atoms with Gasteiger partial charge < -0.3 is 9.64 Å². The van der Waals surface area contributed by atoms with Gasteiger partial charge in [0.05, 0.1) is 6.61 Å². The molecule has 2 rings (SSSR count). The second-order valence-corrected chi connectivity index (χ2v) is 7.63. The number of rotatable bonds is 4. The molecule has 23 heavy (non-hydrogen) atoms. The Kier molecular flexibility index (Phi) is 5.31. The molecule has 0 bridgehead atoms. The molecule has 1 aliphatic heterocycles. The average molecular weight is 340 g/mol. The maximum Gasteiger partial charge on any atom is 0.246 e. The lowest BCUT2D eigenvalue weighted by molar-refractivity contribution is -0.129. The molecule has 0 unspecified atom stereocenters. The van der Waals surface area contributed by atoms with Gasteiger partial charge in [0.15, 0.2) is 0 Å². The Morgan fingerprint density at radius 2 is 1.70 bits per heavy atom. The van der Waals surface area contributed by atoms with Crippen LogP contribution in [0.5, 0.6) is 5.75 Å². The molecule has 1 aliphatic rings. The van der Waals surface area contributed by atoms with Crippen LogP contribution in [0.3, 0.4) is 0 Å². The number of sulfonamides is 1. The van der Waals surface area contributed by atoms with E-state index in [2.05, 4.69) is 0 Å². The Hall–Kier alpha value is -1.60. The molecule has 1 aromatic rings. The third-order valence-corrected chi connectivity index (χ3v) is 6.08. The number of carbonyl (C=O) groups excluding carboxylic acids is 1. The first-order valence-electron chi connectivity index (χ1n) is 7.77. The van der Waals surface area contributed by atoms with E-state index in [0.29, 0.717) is 38.5 Å². The number of piperazine rings is 1. The monoisotopic (exact) mass is 340 g/mol. The zero-order valence-corrected chi connectivity index (χ0v) is 14.9. The summed E-state index contributed by atoms with van der Waals surface area (Å²) in [5.74, 6) is 0.368. The molecule has 6 nitrogen and oxygen atoms in total. The Morgan fingerprint density at radius 1 is 1.13 bits per heavy atom. The van der Waals surface area contributed by atoms with Crippen LogP contribution in [0.25, 0.3) is 0 Å². The number of amides is 1. The summed E-state index contributed by atoms with van der Waals surface area (Å²) in [6.07, 6.45) is 0. The van der Waals surface area contributed by atoms with Gasteiger partial charge in [0.2, 0.25) is 15.9 Å². The van der Waals surface area contributed by atoms with E-state index in [4.69, 9.17) is 4.74 Å². The molecule has 1 amide bonds. The number of ether oxygens (including phenoxy) is 1. The summed E-state index contributed by atoms with van der Waals surface area (Å²) in [5.41, 5.74) is 1.91. The van der Waals surface area contributed by atoms with Gasteiger partial charge in [0.25, 0.3) is 0 Å². The van der Waals surface area contributed by atoms with Crippen molar-refractivity contribution in [3.05, 3.63) is 23.3 Å². The molecule has 0 atom stereocenters. The highest BCUT2D eigenvalue weighted by Crippen LogP contribution is 2.30. The first kappa shape index (κ1) is 17.7. The van der Waals surface area contributed by atoms with E-state index in [1.54, 1.807) is 17.0 Å². The van der Waals surface area contributed by atoms with Crippen molar-refractivity contribution in [2.75, 3.05) is 32.8 Å². The zero-order chi connectivity index (χ0) is 17.2. The minimum absolute atomic E-state index is 0.0248. The maximum absolute atomic E-state index is 13.0. The van der Waals surface area contributed by atoms with Crippen LogP contribution in [0.1, 0.15) is 25.0 Å². The van der Waals surface area contributed by atoms with Crippen molar-refractivity contribution in [3.63, 3.8) is 0 Å². The average Bonchev–Trinajstić information content (AvgIpc) is 2.51. The first-order chi connectivity index (χ1) is 10.8. The highest BCUT2D eigenvalue weighted by molar-refractivity contribution is 7.89. The topological polar surface area (TPSA) is 66.9 Å². The van der Waals surface area contributed by atoms with Crippen LogP contribution in [0.15, 0.2) is 17.0 Å². The summed E-state index contributed by atoms with van der Waals surface area (Å²) in [4.78, 5) is 13.3. The Bertz CT molecular complexity index is 692. The number of hydrogen-bond donors (Lipinski definition) is 0. The van der Waals surface area contributed by atoms with Crippen LogP contribution < -0.4 is 4.74 Å². The fourth-order valence-electron chi connectivity index (χ4n) is 2.62. The summed E-state index contributed by atoms with van der Waals surface area (Å²) in [6, 6.07) is 3.45. The van der Waals surface area contributed by atoms with Crippen LogP contribution in [0.4, 0.5) is 0 Å². The molecule has 1 heterocycles. The third kappa shape index (κ3) is 3.67. The summed E-state index contributed by atoms with van der Waals surface area (Å²) in [5, 5.41) is 0. The lowest BCUT2D eigenvalue weighted by Crippen LogP contribution is -2.50. The van der Waals surface area contributed by atoms with E-state index in [1.807, 2.05) is 20.8 Å². The molecular weight excluding hydrogens is 316 g/mol. The standard InChI is InChI=1S/C16H24N2O4S/c1-5-22-15-10-12(2)13(3)11-16(15)23(20,21)18-8-6-17(7-9-18)14(4)19/h10-11H,5-9H2,1-4H3. The molecule has 1 saturated heterocycles. The number of benzene rings is 1. The van der Waals surface area contributed by atoms with E-state index >= 15 is 0 Å². The van der Waals surface area contributed by atoms with Crippen molar-refractivity contribution in [1.29, 1.82) is 0 Å². The lowest BCUT2D eigenvalue weighted by atomic mass is 10.1. The van der Waals surface area contributed by atoms with Crippen LogP contribution in [-0.2, 0) is 14.8 Å². The second kappa shape index (κ2) is 6.88. The summed E-state index contributed by atoms with van der Waals surface area (Å²) < 4.78 is 32.9. The SMILES string of the molecule is CCOc1cc(C)c(C)cc1S(=O)(=O)N1CCN(C(C)=O)CC1. The Morgan fingerprint density at radius 3 is 2.22 bits per heavy atom. The van der Waals surface area contributed by atoms with Crippen LogP contribution >= 0.6 is 0 Å². The van der Waals surface area contributed by atoms with Gasteiger partial charge in [-0.25, -0.2) is 8.42 Å². The van der Waals surface area contributed by atoms with Crippen molar-refractivity contribution < 1.29 is 17.9 Å². The van der Waals surface area contributed by atoms with Crippen molar-refractivity contribution in [2.45, 2.75) is 32.6 Å². The first-order valence-corrected chi connectivity index (χ1v) is 9.21. The third-order valence-electron chi connectivity index (χ3n) is 4.16. The van der Waals surface area contributed by atoms with E-state index < -0.39 is 10.0 Å². The highest BCUT2D eigenvalue weighted by atomic mass is 32.2. The summed E-state index contributed by atoms with van der Waals surface area (Å²) in [7, 11) is -3.63. The molecule has 0 spiro atoms. The minimum atomic E-state index is -3.63. The molecule has 1 aromatic carbocycles. The largest absolute Gasteiger partial charge is 0.492 e. The normalized spacial score (nSPS) is 16.4. The second-order valence-electron chi connectivity index (χ2n) is 5.73. The van der Waals surface area contributed by atoms with E-state index in [9.17, 15) is 13.2 Å². The molecule has 1 fully saturated rings. The predicted molar refractivity (Wildman–Crippen MR) is 88.1 cm³/mol. The smallest absolute Gasteiger partial charge is 0.246 e. The highest BCUT2D eigenvalue weighted by Gasteiger charge is 2.31. The number of nitrogens with zero attached hydrogens (tertiary/aromatic N) is 2. The Labute approximate surface area is 138 Å². The molecule has 128 valence electrons. The fourth-order valence-corrected chi connectivity index (χ4v) is 4.24. The summed E-state index contributed by atoms with van der Waals surface area (Å²) >= 11 is 0. The number of aryl methyl sites for hydroxylation is 2. The van der Waals surface area contributed by atoms with Gasteiger partial charge >= 0.3 is 0 Å². The molecule has 0 saturated carbocycles. The lowest BCUT2D eigenvalue weighted by Gasteiger charge is -2.33. The van der Waals surface area contributed by atoms with Crippen LogP contribution in [-0.4, -0.2) is 56.3 Å². The molecular formula is C16H24N2O4S. The Balaban J connectivity index is 2.33.